The van der Waals surface area contributed by atoms with E-state index in [0.29, 0.717) is 19.3 Å². The molecule has 0 aliphatic rings. The van der Waals surface area contributed by atoms with Crippen LogP contribution < -0.4 is 0 Å². The van der Waals surface area contributed by atoms with E-state index >= 15 is 0 Å². The highest BCUT2D eigenvalue weighted by Gasteiger charge is 2.28. The summed E-state index contributed by atoms with van der Waals surface area (Å²) in [4.78, 5) is 52.8. The number of phosphoric acid groups is 2. The summed E-state index contributed by atoms with van der Waals surface area (Å²) in [7, 11) is -9.82. The van der Waals surface area contributed by atoms with Gasteiger partial charge in [0, 0.05) is 12.8 Å². The first-order valence-corrected chi connectivity index (χ1v) is 25.4. The van der Waals surface area contributed by atoms with Gasteiger partial charge in [0.25, 0.3) is 0 Å². The van der Waals surface area contributed by atoms with Crippen LogP contribution in [0.3, 0.4) is 0 Å². The lowest BCUT2D eigenvalue weighted by atomic mass is 10.0. The highest BCUT2D eigenvalue weighted by atomic mass is 31.2. The van der Waals surface area contributed by atoms with Gasteiger partial charge in [0.15, 0.2) is 6.10 Å². The van der Waals surface area contributed by atoms with Crippen LogP contribution in [0.15, 0.2) is 122 Å². The topological polar surface area (TPSA) is 236 Å². The largest absolute Gasteiger partial charge is 0.472 e. The lowest BCUT2D eigenvalue weighted by Gasteiger charge is -2.20. The third-order valence-electron chi connectivity index (χ3n) is 8.55. The van der Waals surface area contributed by atoms with E-state index in [2.05, 4.69) is 102 Å². The van der Waals surface area contributed by atoms with Crippen LogP contribution in [0.2, 0.25) is 0 Å². The number of hydrogen-bond donors (Lipinski definition) is 6. The average Bonchev–Trinajstić information content (AvgIpc) is 3.26. The highest BCUT2D eigenvalue weighted by molar-refractivity contribution is 7.47. The molecule has 5 atom stereocenters. The molecule has 65 heavy (non-hydrogen) atoms. The van der Waals surface area contributed by atoms with Crippen LogP contribution in [0.1, 0.15) is 117 Å². The maximum Gasteiger partial charge on any atom is 0.472 e. The number of carbonyl (C=O) groups is 2. The molecule has 17 heteroatoms. The van der Waals surface area contributed by atoms with E-state index in [4.69, 9.17) is 23.8 Å². The Morgan fingerprint density at radius 3 is 1.37 bits per heavy atom. The minimum absolute atomic E-state index is 0.0627. The zero-order chi connectivity index (χ0) is 48.3. The van der Waals surface area contributed by atoms with E-state index in [9.17, 15) is 38.9 Å². The molecule has 1 unspecified atom stereocenters. The number of allylic oxidation sites excluding steroid dienone is 19. The Hall–Kier alpha value is -3.56. The molecule has 368 valence electrons. The Morgan fingerprint density at radius 1 is 0.492 bits per heavy atom. The molecule has 0 saturated heterocycles. The van der Waals surface area contributed by atoms with Gasteiger partial charge in [0.2, 0.25) is 0 Å². The lowest BCUT2D eigenvalue weighted by Crippen LogP contribution is -2.30. The molecule has 0 rings (SSSR count). The molecule has 0 bridgehead atoms. The number of aliphatic hydroxyl groups is 3. The number of hydrogen-bond acceptors (Lipinski definition) is 12. The van der Waals surface area contributed by atoms with Gasteiger partial charge >= 0.3 is 27.6 Å². The summed E-state index contributed by atoms with van der Waals surface area (Å²) in [6, 6.07) is 0. The van der Waals surface area contributed by atoms with Crippen LogP contribution in [-0.2, 0) is 41.8 Å². The number of carbonyl (C=O) groups excluding carboxylic acids is 2. The predicted molar refractivity (Wildman–Crippen MR) is 255 cm³/mol. The summed E-state index contributed by atoms with van der Waals surface area (Å²) in [6.07, 6.45) is 45.2. The summed E-state index contributed by atoms with van der Waals surface area (Å²) in [6.45, 7) is 1.09. The molecule has 6 N–H and O–H groups in total. The lowest BCUT2D eigenvalue weighted by molar-refractivity contribution is -0.161. The van der Waals surface area contributed by atoms with Crippen molar-refractivity contribution in [3.05, 3.63) is 122 Å². The van der Waals surface area contributed by atoms with Gasteiger partial charge in [0.05, 0.1) is 32.0 Å². The van der Waals surface area contributed by atoms with Crippen molar-refractivity contribution in [1.29, 1.82) is 0 Å². The van der Waals surface area contributed by atoms with E-state index < -0.39 is 78.4 Å². The van der Waals surface area contributed by atoms with Crippen molar-refractivity contribution in [1.82, 2.24) is 0 Å². The first-order chi connectivity index (χ1) is 31.2. The maximum absolute atomic E-state index is 12.7. The molecule has 0 aromatic carbocycles. The molecule has 0 spiro atoms. The summed E-state index contributed by atoms with van der Waals surface area (Å²) >= 11 is 0. The third-order valence-corrected chi connectivity index (χ3v) is 9.99. The van der Waals surface area contributed by atoms with Gasteiger partial charge in [-0.15, -0.1) is 0 Å². The second kappa shape index (κ2) is 41.8. The number of rotatable bonds is 40. The minimum atomic E-state index is -4.91. The molecule has 0 fully saturated rings. The van der Waals surface area contributed by atoms with Crippen LogP contribution in [0.4, 0.5) is 0 Å². The summed E-state index contributed by atoms with van der Waals surface area (Å²) in [5, 5.41) is 30.4. The third kappa shape index (κ3) is 44.1. The van der Waals surface area contributed by atoms with E-state index in [1.807, 2.05) is 30.4 Å². The molecule has 0 aliphatic carbocycles. The van der Waals surface area contributed by atoms with Gasteiger partial charge in [0.1, 0.15) is 12.7 Å². The van der Waals surface area contributed by atoms with Crippen molar-refractivity contribution in [3.63, 3.8) is 0 Å². The quantitative estimate of drug-likeness (QED) is 0.0191. The van der Waals surface area contributed by atoms with E-state index in [1.165, 1.54) is 0 Å². The smallest absolute Gasteiger partial charge is 0.462 e. The van der Waals surface area contributed by atoms with Crippen molar-refractivity contribution < 1.29 is 71.8 Å². The van der Waals surface area contributed by atoms with Crippen molar-refractivity contribution >= 4 is 27.6 Å². The minimum Gasteiger partial charge on any atom is -0.462 e. The number of aliphatic hydroxyl groups excluding tert-OH is 3. The zero-order valence-electron chi connectivity index (χ0n) is 38.3. The first-order valence-electron chi connectivity index (χ1n) is 22.4. The Labute approximate surface area is 387 Å². The fourth-order valence-corrected chi connectivity index (χ4v) is 6.26. The molecular formula is C48H76O15P2. The standard InChI is InChI=1S/C48H76O15P2/c1-3-5-7-9-11-13-15-17-18-19-20-21-22-23-25-27-29-31-33-37-48(53)63-44(42-62-65(57,58)61-40-43(49)39-60-64(54,55)56)41-59-47(52)38-34-36-46(51)45(50)35-32-30-28-26-24-16-14-12-10-8-6-4-2/h5-8,11-14,17-18,20-21,23-26,29-32,43-46,49-51H,3-4,9-10,15-16,19,22,27-28,33-42H2,1-2H3,(H,57,58)(H2,54,55,56)/b7-5-,8-6-,13-11-,14-12-,18-17-,21-20-,25-23-,26-24-,31-29-,32-30-/t43-,44+,45-,46-/m0/s1. The van der Waals surface area contributed by atoms with Crippen molar-refractivity contribution in [3.8, 4) is 0 Å². The molecular weight excluding hydrogens is 878 g/mol. The van der Waals surface area contributed by atoms with Gasteiger partial charge in [-0.05, 0) is 89.9 Å². The summed E-state index contributed by atoms with van der Waals surface area (Å²) in [5.74, 6) is -1.43. The first kappa shape index (κ1) is 61.4. The second-order valence-corrected chi connectivity index (χ2v) is 17.2. The predicted octanol–water partition coefficient (Wildman–Crippen LogP) is 9.61. The van der Waals surface area contributed by atoms with Crippen LogP contribution in [0.5, 0.6) is 0 Å². The molecule has 0 radical (unpaired) electrons. The van der Waals surface area contributed by atoms with Crippen LogP contribution in [0.25, 0.3) is 0 Å². The molecule has 15 nitrogen and oxygen atoms in total. The monoisotopic (exact) mass is 954 g/mol. The molecule has 0 aromatic heterocycles. The highest BCUT2D eigenvalue weighted by Crippen LogP contribution is 2.43. The maximum atomic E-state index is 12.7. The summed E-state index contributed by atoms with van der Waals surface area (Å²) < 4.78 is 47.5. The fraction of sp³-hybridized carbons (Fsp3) is 0.542. The molecule has 0 amide bonds. The van der Waals surface area contributed by atoms with E-state index in [-0.39, 0.29) is 32.1 Å². The Balaban J connectivity index is 4.87. The van der Waals surface area contributed by atoms with Crippen molar-refractivity contribution in [2.24, 2.45) is 0 Å². The normalized spacial score (nSPS) is 16.0. The van der Waals surface area contributed by atoms with Crippen molar-refractivity contribution in [2.45, 2.75) is 141 Å². The van der Waals surface area contributed by atoms with Gasteiger partial charge in [-0.2, -0.15) is 0 Å². The number of phosphoric ester groups is 2. The number of ether oxygens (including phenoxy) is 2. The number of esters is 2. The SMILES string of the molecule is CC/C=C\C/C=C\C/C=C\C/C=C\C/C=C\C/C=C\CCC(=O)O[C@H](COC(=O)CCC[C@H](O)[C@@H](O)C/C=C\C/C=C\C/C=C\C/C=C\CC)COP(=O)(O)OC[C@@H](O)COP(=O)(O)O. The zero-order valence-corrected chi connectivity index (χ0v) is 40.0. The van der Waals surface area contributed by atoms with Gasteiger partial charge < -0.3 is 39.5 Å². The fourth-order valence-electron chi connectivity index (χ4n) is 5.11. The Kier molecular flexibility index (Phi) is 39.5. The average molecular weight is 955 g/mol. The molecule has 0 aromatic rings. The van der Waals surface area contributed by atoms with Crippen LogP contribution in [0, 0.1) is 0 Å². The van der Waals surface area contributed by atoms with Gasteiger partial charge in [-0.1, -0.05) is 135 Å². The second-order valence-electron chi connectivity index (χ2n) is 14.5. The van der Waals surface area contributed by atoms with Crippen LogP contribution >= 0.6 is 15.6 Å². The van der Waals surface area contributed by atoms with E-state index in [0.717, 1.165) is 51.4 Å². The Bertz CT molecular complexity index is 1640. The Morgan fingerprint density at radius 2 is 0.908 bits per heavy atom. The van der Waals surface area contributed by atoms with Crippen molar-refractivity contribution in [2.75, 3.05) is 26.4 Å². The van der Waals surface area contributed by atoms with Gasteiger partial charge in [-0.25, -0.2) is 9.13 Å². The van der Waals surface area contributed by atoms with Gasteiger partial charge in [-0.3, -0.25) is 23.2 Å². The molecule has 0 aliphatic heterocycles. The molecule has 0 heterocycles. The molecule has 0 saturated carbocycles. The van der Waals surface area contributed by atoms with E-state index in [1.54, 1.807) is 12.2 Å². The summed E-state index contributed by atoms with van der Waals surface area (Å²) in [5.41, 5.74) is 0. The van der Waals surface area contributed by atoms with Crippen LogP contribution in [-0.4, -0.2) is 92.8 Å².